The lowest BCUT2D eigenvalue weighted by molar-refractivity contribution is -0.144. The smallest absolute Gasteiger partial charge is 0.308 e. The highest BCUT2D eigenvalue weighted by molar-refractivity contribution is 5.69. The van der Waals surface area contributed by atoms with Crippen LogP contribution in [-0.4, -0.2) is 44.3 Å². The van der Waals surface area contributed by atoms with Crippen molar-refractivity contribution >= 4 is 5.97 Å². The molecule has 0 aliphatic rings. The molecule has 0 fully saturated rings. The topological polar surface area (TPSA) is 65.0 Å². The maximum Gasteiger partial charge on any atom is 0.308 e. The minimum atomic E-state index is -0.551. The molecule has 0 radical (unpaired) electrons. The Morgan fingerprint density at radius 3 is 2.19 bits per heavy atom. The Hall–Kier alpha value is -0.650. The number of methoxy groups -OCH3 is 1. The zero-order chi connectivity index (χ0) is 12.8. The molecule has 0 saturated carbocycles. The van der Waals surface area contributed by atoms with Gasteiger partial charge in [-0.1, -0.05) is 6.92 Å². The summed E-state index contributed by atoms with van der Waals surface area (Å²) >= 11 is 0. The largest absolute Gasteiger partial charge is 0.466 e. The number of rotatable bonds is 7. The van der Waals surface area contributed by atoms with Crippen molar-refractivity contribution < 1.29 is 24.1 Å². The Morgan fingerprint density at radius 2 is 1.88 bits per heavy atom. The van der Waals surface area contributed by atoms with Crippen LogP contribution in [0.1, 0.15) is 33.6 Å². The van der Waals surface area contributed by atoms with Crippen LogP contribution in [0.5, 0.6) is 0 Å². The number of ether oxygens (including phenoxy) is 3. The second-order valence-corrected chi connectivity index (χ2v) is 2.87. The van der Waals surface area contributed by atoms with Gasteiger partial charge in [-0.05, 0) is 20.3 Å². The van der Waals surface area contributed by atoms with Crippen molar-refractivity contribution in [2.45, 2.75) is 39.9 Å². The number of carbonyl (C=O) groups excluding carboxylic acids is 1. The fourth-order valence-corrected chi connectivity index (χ4v) is 0.729. The van der Waals surface area contributed by atoms with Gasteiger partial charge in [0.15, 0.2) is 6.29 Å². The summed E-state index contributed by atoms with van der Waals surface area (Å²) in [5, 5.41) is 8.64. The molecule has 0 amide bonds. The van der Waals surface area contributed by atoms with Crippen LogP contribution in [0.4, 0.5) is 0 Å². The van der Waals surface area contributed by atoms with Gasteiger partial charge in [-0.2, -0.15) is 0 Å². The van der Waals surface area contributed by atoms with Crippen molar-refractivity contribution in [1.82, 2.24) is 0 Å². The van der Waals surface area contributed by atoms with Gasteiger partial charge >= 0.3 is 5.97 Å². The van der Waals surface area contributed by atoms with Gasteiger partial charge in [0.25, 0.3) is 0 Å². The van der Waals surface area contributed by atoms with E-state index in [1.807, 2.05) is 13.8 Å². The summed E-state index contributed by atoms with van der Waals surface area (Å²) in [5.41, 5.74) is 0. The van der Waals surface area contributed by atoms with E-state index < -0.39 is 6.29 Å². The van der Waals surface area contributed by atoms with E-state index in [4.69, 9.17) is 9.84 Å². The lowest BCUT2D eigenvalue weighted by atomic mass is 10.5. The van der Waals surface area contributed by atoms with Crippen LogP contribution in [0.15, 0.2) is 0 Å². The molecule has 0 aliphatic heterocycles. The predicted molar refractivity (Wildman–Crippen MR) is 61.0 cm³/mol. The lowest BCUT2D eigenvalue weighted by Crippen LogP contribution is -2.08. The van der Waals surface area contributed by atoms with Crippen molar-refractivity contribution in [3.63, 3.8) is 0 Å². The number of esters is 1. The fraction of sp³-hybridized carbons (Fsp3) is 0.909. The zero-order valence-electron chi connectivity index (χ0n) is 10.7. The highest BCUT2D eigenvalue weighted by atomic mass is 16.6. The maximum absolute atomic E-state index is 10.5. The van der Waals surface area contributed by atoms with Crippen molar-refractivity contribution in [3.05, 3.63) is 0 Å². The average Bonchev–Trinajstić information content (AvgIpc) is 2.28. The maximum atomic E-state index is 10.5. The highest BCUT2D eigenvalue weighted by Crippen LogP contribution is 1.89. The molecule has 0 heterocycles. The molecule has 0 spiro atoms. The molecule has 0 aromatic rings. The molecule has 5 heteroatoms. The number of hydrogen-bond donors (Lipinski definition) is 1. The number of aliphatic hydroxyl groups excluding tert-OH is 1. The van der Waals surface area contributed by atoms with E-state index in [-0.39, 0.29) is 5.97 Å². The Labute approximate surface area is 97.7 Å². The molecule has 1 atom stereocenters. The van der Waals surface area contributed by atoms with Crippen LogP contribution in [0.25, 0.3) is 0 Å². The summed E-state index contributed by atoms with van der Waals surface area (Å²) in [5.74, 6) is -0.195. The van der Waals surface area contributed by atoms with Gasteiger partial charge in [0, 0.05) is 13.7 Å². The summed E-state index contributed by atoms with van der Waals surface area (Å²) in [6.07, 6.45) is 0.475. The fourth-order valence-electron chi connectivity index (χ4n) is 0.729. The minimum Gasteiger partial charge on any atom is -0.466 e. The molecule has 5 nitrogen and oxygen atoms in total. The van der Waals surface area contributed by atoms with E-state index in [0.29, 0.717) is 32.7 Å². The monoisotopic (exact) mass is 236 g/mol. The van der Waals surface area contributed by atoms with Gasteiger partial charge in [-0.25, -0.2) is 0 Å². The Bertz CT molecular complexity index is 149. The first-order valence-electron chi connectivity index (χ1n) is 5.56. The van der Waals surface area contributed by atoms with E-state index in [1.165, 1.54) is 0 Å². The van der Waals surface area contributed by atoms with Crippen LogP contribution in [0, 0.1) is 0 Å². The third-order valence-electron chi connectivity index (χ3n) is 1.52. The molecule has 16 heavy (non-hydrogen) atoms. The third kappa shape index (κ3) is 15.8. The van der Waals surface area contributed by atoms with Crippen LogP contribution < -0.4 is 0 Å². The van der Waals surface area contributed by atoms with Gasteiger partial charge in [0.05, 0.1) is 19.6 Å². The molecule has 0 aromatic carbocycles. The van der Waals surface area contributed by atoms with Crippen LogP contribution in [0.2, 0.25) is 0 Å². The van der Waals surface area contributed by atoms with Gasteiger partial charge in [-0.3, -0.25) is 4.79 Å². The molecule has 0 aliphatic carbocycles. The molecule has 0 rings (SSSR count). The summed E-state index contributed by atoms with van der Waals surface area (Å²) in [7, 11) is 1.55. The normalized spacial score (nSPS) is 11.3. The van der Waals surface area contributed by atoms with E-state index in [1.54, 1.807) is 14.0 Å². The first-order chi connectivity index (χ1) is 7.62. The van der Waals surface area contributed by atoms with Crippen LogP contribution in [-0.2, 0) is 19.0 Å². The number of hydrogen-bond acceptors (Lipinski definition) is 5. The average molecular weight is 236 g/mol. The molecular weight excluding hydrogens is 212 g/mol. The Kier molecular flexibility index (Phi) is 15.9. The zero-order valence-corrected chi connectivity index (χ0v) is 10.7. The summed E-state index contributed by atoms with van der Waals surface area (Å²) in [6, 6.07) is 0. The molecule has 98 valence electrons. The van der Waals surface area contributed by atoms with Crippen molar-refractivity contribution in [2.75, 3.05) is 26.9 Å². The SMILES string of the molecule is CCOC(=O)CCOC.CCOC(O)CC. The number of carbonyl (C=O) groups is 1. The van der Waals surface area contributed by atoms with Crippen molar-refractivity contribution in [1.29, 1.82) is 0 Å². The van der Waals surface area contributed by atoms with Gasteiger partial charge < -0.3 is 19.3 Å². The van der Waals surface area contributed by atoms with Crippen LogP contribution in [0.3, 0.4) is 0 Å². The third-order valence-corrected chi connectivity index (χ3v) is 1.52. The lowest BCUT2D eigenvalue weighted by Gasteiger charge is -2.04. The molecular formula is C11H24O5. The summed E-state index contributed by atoms with van der Waals surface area (Å²) in [6.45, 7) is 7.00. The Balaban J connectivity index is 0. The van der Waals surface area contributed by atoms with E-state index in [9.17, 15) is 4.79 Å². The first kappa shape index (κ1) is 17.7. The van der Waals surface area contributed by atoms with Gasteiger partial charge in [0.2, 0.25) is 0 Å². The van der Waals surface area contributed by atoms with E-state index in [2.05, 4.69) is 9.47 Å². The second-order valence-electron chi connectivity index (χ2n) is 2.87. The summed E-state index contributed by atoms with van der Waals surface area (Å²) in [4.78, 5) is 10.5. The van der Waals surface area contributed by atoms with Gasteiger partial charge in [-0.15, -0.1) is 0 Å². The molecule has 1 unspecified atom stereocenters. The first-order valence-corrected chi connectivity index (χ1v) is 5.56. The molecule has 0 bridgehead atoms. The Morgan fingerprint density at radius 1 is 1.25 bits per heavy atom. The minimum absolute atomic E-state index is 0.195. The van der Waals surface area contributed by atoms with Crippen molar-refractivity contribution in [3.8, 4) is 0 Å². The van der Waals surface area contributed by atoms with Crippen LogP contribution >= 0.6 is 0 Å². The summed E-state index contributed by atoms with van der Waals surface area (Å²) < 4.78 is 14.0. The quantitative estimate of drug-likeness (QED) is 0.533. The van der Waals surface area contributed by atoms with Gasteiger partial charge in [0.1, 0.15) is 0 Å². The number of aliphatic hydroxyl groups is 1. The predicted octanol–water partition coefficient (Wildman–Crippen LogP) is 1.34. The second kappa shape index (κ2) is 14.3. The highest BCUT2D eigenvalue weighted by Gasteiger charge is 1.98. The molecule has 0 aromatic heterocycles. The van der Waals surface area contributed by atoms with E-state index >= 15 is 0 Å². The van der Waals surface area contributed by atoms with Crippen molar-refractivity contribution in [2.24, 2.45) is 0 Å². The molecule has 0 saturated heterocycles. The molecule has 1 N–H and O–H groups in total. The van der Waals surface area contributed by atoms with E-state index in [0.717, 1.165) is 0 Å². The standard InChI is InChI=1S/C6H12O3.C5H12O2/c1-3-9-6(7)4-5-8-2;1-3-5(6)7-4-2/h3-5H2,1-2H3;5-6H,3-4H2,1-2H3.